The van der Waals surface area contributed by atoms with Gasteiger partial charge in [0.2, 0.25) is 0 Å². The van der Waals surface area contributed by atoms with Crippen LogP contribution in [-0.4, -0.2) is 11.2 Å². The molecule has 1 saturated heterocycles. The van der Waals surface area contributed by atoms with Crippen LogP contribution in [0.5, 0.6) is 5.75 Å². The van der Waals surface area contributed by atoms with Gasteiger partial charge in [0.05, 0.1) is 0 Å². The summed E-state index contributed by atoms with van der Waals surface area (Å²) in [5.41, 5.74) is -1.31. The van der Waals surface area contributed by atoms with E-state index in [0.717, 1.165) is 0 Å². The molecule has 0 aliphatic carbocycles. The van der Waals surface area contributed by atoms with Crippen LogP contribution < -0.4 is 4.52 Å². The van der Waals surface area contributed by atoms with E-state index in [-0.39, 0.29) is 0 Å². The van der Waals surface area contributed by atoms with E-state index in [1.165, 1.54) is 0 Å². The smallest absolute Gasteiger partial charge is 0.404 e. The van der Waals surface area contributed by atoms with Crippen LogP contribution in [-0.2, 0) is 13.6 Å². The van der Waals surface area contributed by atoms with Crippen molar-refractivity contribution in [1.82, 2.24) is 0 Å². The zero-order valence-corrected chi connectivity index (χ0v) is 11.4. The maximum absolute atomic E-state index is 12.3. The number of hydrogen-bond acceptors (Lipinski definition) is 4. The van der Waals surface area contributed by atoms with Crippen LogP contribution in [0, 0.1) is 0 Å². The Bertz CT molecular complexity index is 433. The van der Waals surface area contributed by atoms with E-state index in [4.69, 9.17) is 13.6 Å². The topological polar surface area (TPSA) is 44.8 Å². The first-order valence-electron chi connectivity index (χ1n) is 5.50. The van der Waals surface area contributed by atoms with Crippen molar-refractivity contribution in [3.8, 4) is 5.75 Å². The van der Waals surface area contributed by atoms with Crippen LogP contribution in [0.3, 0.4) is 0 Å². The third kappa shape index (κ3) is 2.39. The van der Waals surface area contributed by atoms with Crippen molar-refractivity contribution in [2.75, 3.05) is 0 Å². The molecule has 1 aromatic carbocycles. The van der Waals surface area contributed by atoms with E-state index in [9.17, 15) is 4.57 Å². The highest BCUT2D eigenvalue weighted by Gasteiger charge is 2.57. The molecule has 1 fully saturated rings. The van der Waals surface area contributed by atoms with Gasteiger partial charge in [-0.1, -0.05) is 18.2 Å². The lowest BCUT2D eigenvalue weighted by atomic mass is 9.90. The van der Waals surface area contributed by atoms with E-state index in [2.05, 4.69) is 0 Å². The van der Waals surface area contributed by atoms with Crippen molar-refractivity contribution < 1.29 is 18.1 Å². The third-order valence-corrected chi connectivity index (χ3v) is 4.88. The van der Waals surface area contributed by atoms with Gasteiger partial charge in [0.1, 0.15) is 17.0 Å². The SMILES string of the molecule is CC1(C)OP(=O)(Oc2ccccc2)OC1(C)C. The number of hydrogen-bond donors (Lipinski definition) is 0. The van der Waals surface area contributed by atoms with Crippen molar-refractivity contribution in [2.45, 2.75) is 38.9 Å². The molecule has 2 rings (SSSR count). The van der Waals surface area contributed by atoms with E-state index in [0.29, 0.717) is 5.75 Å². The Kier molecular flexibility index (Phi) is 2.85. The summed E-state index contributed by atoms with van der Waals surface area (Å²) in [5, 5.41) is 0. The van der Waals surface area contributed by atoms with Crippen LogP contribution in [0.2, 0.25) is 0 Å². The maximum Gasteiger partial charge on any atom is 0.531 e. The highest BCUT2D eigenvalue weighted by Crippen LogP contribution is 2.63. The summed E-state index contributed by atoms with van der Waals surface area (Å²) in [4.78, 5) is 0. The molecule has 5 heteroatoms. The molecule has 4 nitrogen and oxygen atoms in total. The van der Waals surface area contributed by atoms with Gasteiger partial charge >= 0.3 is 7.82 Å². The summed E-state index contributed by atoms with van der Waals surface area (Å²) in [6, 6.07) is 8.88. The summed E-state index contributed by atoms with van der Waals surface area (Å²) in [7, 11) is -3.53. The predicted molar refractivity (Wildman–Crippen MR) is 65.0 cm³/mol. The fourth-order valence-electron chi connectivity index (χ4n) is 1.45. The quantitative estimate of drug-likeness (QED) is 0.755. The fraction of sp³-hybridized carbons (Fsp3) is 0.500. The number of phosphoric ester groups is 1. The molecule has 1 aliphatic heterocycles. The number of para-hydroxylation sites is 1. The highest BCUT2D eigenvalue weighted by atomic mass is 31.2. The first kappa shape index (κ1) is 12.6. The van der Waals surface area contributed by atoms with Crippen molar-refractivity contribution in [1.29, 1.82) is 0 Å². The molecular formula is C12H17O4P. The normalized spacial score (nSPS) is 24.5. The van der Waals surface area contributed by atoms with Crippen molar-refractivity contribution >= 4 is 7.82 Å². The molecule has 0 spiro atoms. The number of rotatable bonds is 2. The summed E-state index contributed by atoms with van der Waals surface area (Å²) >= 11 is 0. The molecule has 1 heterocycles. The highest BCUT2D eigenvalue weighted by molar-refractivity contribution is 7.49. The van der Waals surface area contributed by atoms with Crippen LogP contribution in [0.25, 0.3) is 0 Å². The molecule has 0 aromatic heterocycles. The van der Waals surface area contributed by atoms with Crippen molar-refractivity contribution in [3.05, 3.63) is 30.3 Å². The molecule has 0 saturated carbocycles. The second-order valence-corrected chi connectivity index (χ2v) is 6.50. The summed E-state index contributed by atoms with van der Waals surface area (Å²) < 4.78 is 28.6. The van der Waals surface area contributed by atoms with Gasteiger partial charge in [-0.2, -0.15) is 0 Å². The minimum absolute atomic E-state index is 0.476. The van der Waals surface area contributed by atoms with E-state index < -0.39 is 19.0 Å². The second kappa shape index (κ2) is 3.84. The molecule has 17 heavy (non-hydrogen) atoms. The van der Waals surface area contributed by atoms with Crippen molar-refractivity contribution in [2.24, 2.45) is 0 Å². The Morgan fingerprint density at radius 2 is 1.47 bits per heavy atom. The molecule has 0 bridgehead atoms. The van der Waals surface area contributed by atoms with Gasteiger partial charge in [0.25, 0.3) is 0 Å². The van der Waals surface area contributed by atoms with Gasteiger partial charge < -0.3 is 4.52 Å². The molecule has 0 atom stereocenters. The average Bonchev–Trinajstić information content (AvgIpc) is 2.31. The van der Waals surface area contributed by atoms with Crippen LogP contribution in [0.1, 0.15) is 27.7 Å². The van der Waals surface area contributed by atoms with Gasteiger partial charge in [-0.05, 0) is 39.8 Å². The molecule has 1 aromatic rings. The minimum Gasteiger partial charge on any atom is -0.404 e. The Morgan fingerprint density at radius 1 is 1.00 bits per heavy atom. The van der Waals surface area contributed by atoms with Gasteiger partial charge in [-0.25, -0.2) is 4.57 Å². The first-order valence-corrected chi connectivity index (χ1v) is 6.96. The third-order valence-electron chi connectivity index (χ3n) is 3.09. The molecule has 0 radical (unpaired) electrons. The van der Waals surface area contributed by atoms with Gasteiger partial charge in [0, 0.05) is 0 Å². The lowest BCUT2D eigenvalue weighted by Gasteiger charge is -2.28. The zero-order valence-electron chi connectivity index (χ0n) is 10.5. The predicted octanol–water partition coefficient (Wildman–Crippen LogP) is 3.78. The molecule has 0 amide bonds. The zero-order chi connectivity index (χ0) is 12.7. The Labute approximate surface area is 102 Å². The standard InChI is InChI=1S/C12H17O4P/c1-11(2)12(3,4)16-17(13,15-11)14-10-8-6-5-7-9-10/h5-9H,1-4H3. The van der Waals surface area contributed by atoms with Crippen molar-refractivity contribution in [3.63, 3.8) is 0 Å². The van der Waals surface area contributed by atoms with Gasteiger partial charge in [0.15, 0.2) is 0 Å². The lowest BCUT2D eigenvalue weighted by Crippen LogP contribution is -2.41. The first-order chi connectivity index (χ1) is 7.74. The molecule has 0 N–H and O–H groups in total. The van der Waals surface area contributed by atoms with Crippen LogP contribution in [0.15, 0.2) is 30.3 Å². The number of benzene rings is 1. The van der Waals surface area contributed by atoms with E-state index in [1.54, 1.807) is 24.3 Å². The number of phosphoric acid groups is 1. The summed E-state index contributed by atoms with van der Waals surface area (Å²) in [6.45, 7) is 7.34. The Hall–Kier alpha value is -0.830. The minimum atomic E-state index is -3.53. The maximum atomic E-state index is 12.3. The Balaban J connectivity index is 2.21. The molecule has 0 unspecified atom stereocenters. The van der Waals surface area contributed by atoms with Gasteiger partial charge in [-0.3, -0.25) is 9.05 Å². The average molecular weight is 256 g/mol. The second-order valence-electron chi connectivity index (χ2n) is 5.05. The molecule has 94 valence electrons. The van der Waals surface area contributed by atoms with Crippen LogP contribution in [0.4, 0.5) is 0 Å². The van der Waals surface area contributed by atoms with E-state index in [1.807, 2.05) is 33.8 Å². The summed E-state index contributed by atoms with van der Waals surface area (Å²) in [6.07, 6.45) is 0. The lowest BCUT2D eigenvalue weighted by molar-refractivity contribution is 0.00578. The molecule has 1 aliphatic rings. The summed E-state index contributed by atoms with van der Waals surface area (Å²) in [5.74, 6) is 0.476. The van der Waals surface area contributed by atoms with E-state index >= 15 is 0 Å². The monoisotopic (exact) mass is 256 g/mol. The Morgan fingerprint density at radius 3 is 1.94 bits per heavy atom. The largest absolute Gasteiger partial charge is 0.531 e. The van der Waals surface area contributed by atoms with Gasteiger partial charge in [-0.15, -0.1) is 0 Å². The molecular weight excluding hydrogens is 239 g/mol. The fourth-order valence-corrected chi connectivity index (χ4v) is 3.49. The van der Waals surface area contributed by atoms with Crippen LogP contribution >= 0.6 is 7.82 Å².